The molecule has 19 heavy (non-hydrogen) atoms. The van der Waals surface area contributed by atoms with E-state index in [9.17, 15) is 5.11 Å². The summed E-state index contributed by atoms with van der Waals surface area (Å²) in [5.74, 6) is 0.900. The van der Waals surface area contributed by atoms with E-state index in [1.165, 1.54) is 0 Å². The minimum Gasteiger partial charge on any atom is -0.388 e. The Bertz CT molecular complexity index is 604. The van der Waals surface area contributed by atoms with Gasteiger partial charge in [-0.3, -0.25) is 0 Å². The zero-order valence-corrected chi connectivity index (χ0v) is 12.6. The Hall–Kier alpha value is -1.14. The van der Waals surface area contributed by atoms with Crippen LogP contribution in [0, 0.1) is 0 Å². The third-order valence-corrected chi connectivity index (χ3v) is 4.14. The highest BCUT2D eigenvalue weighted by Crippen LogP contribution is 2.34. The van der Waals surface area contributed by atoms with Crippen molar-refractivity contribution in [1.29, 1.82) is 0 Å². The molecule has 1 aliphatic heterocycles. The van der Waals surface area contributed by atoms with Crippen molar-refractivity contribution >= 4 is 32.8 Å². The van der Waals surface area contributed by atoms with Crippen LogP contribution >= 0.6 is 15.9 Å². The highest BCUT2D eigenvalue weighted by atomic mass is 79.9. The quantitative estimate of drug-likeness (QED) is 0.890. The molecule has 0 aromatic carbocycles. The SMILES string of the molecule is CC(C)(O)[C@H]1CCCN1c1ncnc2[nH]c(Br)cc12. The number of hydrogen-bond donors (Lipinski definition) is 2. The number of nitrogens with one attached hydrogen (secondary N) is 1. The van der Waals surface area contributed by atoms with Crippen molar-refractivity contribution in [3.05, 3.63) is 17.0 Å². The predicted molar refractivity (Wildman–Crippen MR) is 78.3 cm³/mol. The van der Waals surface area contributed by atoms with Gasteiger partial charge in [0.15, 0.2) is 0 Å². The molecule has 2 N–H and O–H groups in total. The maximum absolute atomic E-state index is 10.3. The van der Waals surface area contributed by atoms with Crippen LogP contribution in [0.4, 0.5) is 5.82 Å². The summed E-state index contributed by atoms with van der Waals surface area (Å²) in [6, 6.07) is 2.09. The molecule has 1 atom stereocenters. The van der Waals surface area contributed by atoms with Gasteiger partial charge in [0.25, 0.3) is 0 Å². The van der Waals surface area contributed by atoms with E-state index < -0.39 is 5.60 Å². The lowest BCUT2D eigenvalue weighted by atomic mass is 9.96. The maximum atomic E-state index is 10.3. The van der Waals surface area contributed by atoms with Crippen molar-refractivity contribution in [3.63, 3.8) is 0 Å². The van der Waals surface area contributed by atoms with Crippen LogP contribution in [0.3, 0.4) is 0 Å². The Morgan fingerprint density at radius 2 is 2.26 bits per heavy atom. The van der Waals surface area contributed by atoms with Crippen LogP contribution in [0.25, 0.3) is 11.0 Å². The number of anilines is 1. The van der Waals surface area contributed by atoms with E-state index in [1.807, 2.05) is 19.9 Å². The van der Waals surface area contributed by atoms with E-state index in [4.69, 9.17) is 0 Å². The summed E-state index contributed by atoms with van der Waals surface area (Å²) in [6.07, 6.45) is 3.63. The van der Waals surface area contributed by atoms with Crippen molar-refractivity contribution in [2.75, 3.05) is 11.4 Å². The first-order valence-electron chi connectivity index (χ1n) is 6.45. The van der Waals surface area contributed by atoms with E-state index in [2.05, 4.69) is 35.8 Å². The van der Waals surface area contributed by atoms with Gasteiger partial charge in [-0.2, -0.15) is 0 Å². The van der Waals surface area contributed by atoms with E-state index in [0.717, 1.165) is 40.8 Å². The zero-order chi connectivity index (χ0) is 13.6. The molecule has 6 heteroatoms. The van der Waals surface area contributed by atoms with Crippen LogP contribution < -0.4 is 4.90 Å². The molecule has 0 unspecified atom stereocenters. The molecule has 5 nitrogen and oxygen atoms in total. The molecule has 2 aromatic heterocycles. The zero-order valence-electron chi connectivity index (χ0n) is 11.0. The second kappa shape index (κ2) is 4.45. The number of aliphatic hydroxyl groups is 1. The lowest BCUT2D eigenvalue weighted by Crippen LogP contribution is -2.46. The molecule has 1 fully saturated rings. The van der Waals surface area contributed by atoms with Gasteiger partial charge in [-0.05, 0) is 48.7 Å². The number of nitrogens with zero attached hydrogens (tertiary/aromatic N) is 3. The predicted octanol–water partition coefficient (Wildman–Crippen LogP) is 2.46. The lowest BCUT2D eigenvalue weighted by Gasteiger charge is -2.34. The summed E-state index contributed by atoms with van der Waals surface area (Å²) in [4.78, 5) is 14.0. The Morgan fingerprint density at radius 3 is 3.00 bits per heavy atom. The van der Waals surface area contributed by atoms with E-state index >= 15 is 0 Å². The van der Waals surface area contributed by atoms with E-state index in [-0.39, 0.29) is 6.04 Å². The molecule has 0 amide bonds. The third-order valence-electron chi connectivity index (χ3n) is 3.71. The first kappa shape index (κ1) is 12.9. The van der Waals surface area contributed by atoms with Gasteiger partial charge in [0.2, 0.25) is 0 Å². The summed E-state index contributed by atoms with van der Waals surface area (Å²) < 4.78 is 0.892. The van der Waals surface area contributed by atoms with E-state index in [1.54, 1.807) is 6.33 Å². The molecule has 2 aromatic rings. The molecule has 1 aliphatic rings. The molecule has 0 saturated carbocycles. The molecular weight excluding hydrogens is 308 g/mol. The molecule has 1 saturated heterocycles. The first-order chi connectivity index (χ1) is 8.97. The number of rotatable bonds is 2. The number of fused-ring (bicyclic) bond motifs is 1. The largest absolute Gasteiger partial charge is 0.388 e. The van der Waals surface area contributed by atoms with Crippen LogP contribution in [0.1, 0.15) is 26.7 Å². The van der Waals surface area contributed by atoms with Crippen LogP contribution in [-0.4, -0.2) is 38.2 Å². The lowest BCUT2D eigenvalue weighted by molar-refractivity contribution is 0.0533. The van der Waals surface area contributed by atoms with Gasteiger partial charge >= 0.3 is 0 Å². The van der Waals surface area contributed by atoms with Gasteiger partial charge in [-0.1, -0.05) is 0 Å². The maximum Gasteiger partial charge on any atom is 0.143 e. The molecular formula is C13H17BrN4O. The number of H-pyrrole nitrogens is 1. The van der Waals surface area contributed by atoms with Gasteiger partial charge < -0.3 is 15.0 Å². The fourth-order valence-corrected chi connectivity index (χ4v) is 3.30. The Labute approximate surface area is 120 Å². The summed E-state index contributed by atoms with van der Waals surface area (Å²) in [5, 5.41) is 11.3. The van der Waals surface area contributed by atoms with Crippen LogP contribution in [0.15, 0.2) is 17.0 Å². The summed E-state index contributed by atoms with van der Waals surface area (Å²) in [7, 11) is 0. The highest BCUT2D eigenvalue weighted by Gasteiger charge is 2.37. The molecule has 3 heterocycles. The van der Waals surface area contributed by atoms with Crippen LogP contribution in [0.2, 0.25) is 0 Å². The van der Waals surface area contributed by atoms with Crippen molar-refractivity contribution in [2.45, 2.75) is 38.3 Å². The van der Waals surface area contributed by atoms with Crippen LogP contribution in [-0.2, 0) is 0 Å². The Balaban J connectivity index is 2.08. The number of aromatic amines is 1. The van der Waals surface area contributed by atoms with Gasteiger partial charge in [-0.15, -0.1) is 0 Å². The topological polar surface area (TPSA) is 65.0 Å². The molecule has 3 rings (SSSR count). The first-order valence-corrected chi connectivity index (χ1v) is 7.24. The van der Waals surface area contributed by atoms with E-state index in [0.29, 0.717) is 0 Å². The second-order valence-corrected chi connectivity index (χ2v) is 6.44. The van der Waals surface area contributed by atoms with Crippen LogP contribution in [0.5, 0.6) is 0 Å². The Kier molecular flexibility index (Phi) is 3.02. The standard InChI is InChI=1S/C13H17BrN4O/c1-13(2,19)9-4-3-5-18(9)12-8-6-10(14)17-11(8)15-7-16-12/h6-7,9,19H,3-5H2,1-2H3,(H,15,16,17)/t9-/m1/s1. The fourth-order valence-electron chi connectivity index (χ4n) is 2.88. The van der Waals surface area contributed by atoms with Crippen molar-refractivity contribution in [3.8, 4) is 0 Å². The average Bonchev–Trinajstić information content (AvgIpc) is 2.91. The number of halogens is 1. The fraction of sp³-hybridized carbons (Fsp3) is 0.538. The minimum absolute atomic E-state index is 0.0966. The summed E-state index contributed by atoms with van der Waals surface area (Å²) >= 11 is 3.43. The van der Waals surface area contributed by atoms with Crippen molar-refractivity contribution < 1.29 is 5.11 Å². The molecule has 0 radical (unpaired) electrons. The molecule has 102 valence electrons. The van der Waals surface area contributed by atoms with Crippen molar-refractivity contribution in [2.24, 2.45) is 0 Å². The van der Waals surface area contributed by atoms with Gasteiger partial charge in [0.05, 0.1) is 21.6 Å². The van der Waals surface area contributed by atoms with Gasteiger partial charge in [-0.25, -0.2) is 9.97 Å². The second-order valence-electron chi connectivity index (χ2n) is 5.58. The van der Waals surface area contributed by atoms with Gasteiger partial charge in [0.1, 0.15) is 17.8 Å². The normalized spacial score (nSPS) is 20.4. The summed E-state index contributed by atoms with van der Waals surface area (Å²) in [6.45, 7) is 4.65. The third kappa shape index (κ3) is 2.23. The Morgan fingerprint density at radius 1 is 1.47 bits per heavy atom. The van der Waals surface area contributed by atoms with Gasteiger partial charge in [0, 0.05) is 6.54 Å². The summed E-state index contributed by atoms with van der Waals surface area (Å²) in [5.41, 5.74) is 0.0830. The minimum atomic E-state index is -0.735. The number of hydrogen-bond acceptors (Lipinski definition) is 4. The monoisotopic (exact) mass is 324 g/mol. The van der Waals surface area contributed by atoms with Crippen molar-refractivity contribution in [1.82, 2.24) is 15.0 Å². The average molecular weight is 325 g/mol. The number of aromatic nitrogens is 3. The molecule has 0 bridgehead atoms. The molecule has 0 spiro atoms. The highest BCUT2D eigenvalue weighted by molar-refractivity contribution is 9.10. The smallest absolute Gasteiger partial charge is 0.143 e. The molecule has 0 aliphatic carbocycles.